The van der Waals surface area contributed by atoms with Gasteiger partial charge in [-0.1, -0.05) is 43.0 Å². The summed E-state index contributed by atoms with van der Waals surface area (Å²) in [5.74, 6) is -0.251. The highest BCUT2D eigenvalue weighted by molar-refractivity contribution is 5.93. The molecule has 2 aromatic carbocycles. The van der Waals surface area contributed by atoms with Crippen LogP contribution in [0.25, 0.3) is 6.08 Å². The molecule has 0 fully saturated rings. The van der Waals surface area contributed by atoms with E-state index in [9.17, 15) is 9.90 Å². The van der Waals surface area contributed by atoms with Crippen LogP contribution in [0.4, 0.5) is 0 Å². The smallest absolute Gasteiger partial charge is 0.339 e. The molecule has 0 aliphatic heterocycles. The molecular weight excluding hydrogens is 240 g/mol. The number of phenolic OH excluding ortho intramolecular Hbond substituents is 1. The number of aromatic hydroxyl groups is 1. The van der Waals surface area contributed by atoms with Crippen molar-refractivity contribution >= 4 is 12.0 Å². The zero-order valence-corrected chi connectivity index (χ0v) is 10.4. The molecule has 0 spiro atoms. The van der Waals surface area contributed by atoms with E-state index in [1.165, 1.54) is 0 Å². The number of ether oxygens (including phenoxy) is 1. The molecule has 0 amide bonds. The molecule has 0 unspecified atom stereocenters. The Morgan fingerprint density at radius 1 is 1.21 bits per heavy atom. The van der Waals surface area contributed by atoms with Gasteiger partial charge in [-0.2, -0.15) is 0 Å². The van der Waals surface area contributed by atoms with Crippen molar-refractivity contribution in [2.75, 3.05) is 0 Å². The van der Waals surface area contributed by atoms with Crippen molar-refractivity contribution in [3.05, 3.63) is 71.8 Å². The van der Waals surface area contributed by atoms with Gasteiger partial charge in [-0.15, -0.1) is 0 Å². The molecule has 2 rings (SSSR count). The van der Waals surface area contributed by atoms with Gasteiger partial charge in [0.05, 0.1) is 5.56 Å². The average molecular weight is 254 g/mol. The van der Waals surface area contributed by atoms with Crippen molar-refractivity contribution in [2.45, 2.75) is 6.61 Å². The Morgan fingerprint density at radius 3 is 2.74 bits per heavy atom. The Labute approximate surface area is 111 Å². The number of esters is 1. The summed E-state index contributed by atoms with van der Waals surface area (Å²) < 4.78 is 5.21. The number of benzene rings is 2. The maximum atomic E-state index is 12.0. The average Bonchev–Trinajstić information content (AvgIpc) is 2.45. The van der Waals surface area contributed by atoms with Gasteiger partial charge in [0.2, 0.25) is 0 Å². The zero-order valence-electron chi connectivity index (χ0n) is 10.4. The predicted molar refractivity (Wildman–Crippen MR) is 73.8 cm³/mol. The van der Waals surface area contributed by atoms with Crippen LogP contribution in [0.5, 0.6) is 5.75 Å². The van der Waals surface area contributed by atoms with Gasteiger partial charge in [-0.25, -0.2) is 4.79 Å². The van der Waals surface area contributed by atoms with Gasteiger partial charge in [0, 0.05) is 0 Å². The predicted octanol–water partition coefficient (Wildman–Crippen LogP) is 3.39. The van der Waals surface area contributed by atoms with E-state index in [0.717, 1.165) is 11.1 Å². The summed E-state index contributed by atoms with van der Waals surface area (Å²) in [4.78, 5) is 12.0. The zero-order chi connectivity index (χ0) is 13.7. The van der Waals surface area contributed by atoms with Crippen molar-refractivity contribution in [1.29, 1.82) is 0 Å². The van der Waals surface area contributed by atoms with Gasteiger partial charge in [0.25, 0.3) is 0 Å². The second kappa shape index (κ2) is 5.87. The molecule has 2 aromatic rings. The lowest BCUT2D eigenvalue weighted by Crippen LogP contribution is -2.06. The number of hydrogen-bond acceptors (Lipinski definition) is 3. The highest BCUT2D eigenvalue weighted by Crippen LogP contribution is 2.15. The van der Waals surface area contributed by atoms with Gasteiger partial charge in [0.15, 0.2) is 0 Å². The third-order valence-electron chi connectivity index (χ3n) is 2.68. The van der Waals surface area contributed by atoms with E-state index in [-0.39, 0.29) is 12.4 Å². The first-order valence-corrected chi connectivity index (χ1v) is 5.87. The van der Waals surface area contributed by atoms with Crippen LogP contribution in [0.15, 0.2) is 55.1 Å². The number of hydrogen-bond donors (Lipinski definition) is 1. The second-order valence-corrected chi connectivity index (χ2v) is 4.04. The van der Waals surface area contributed by atoms with Crippen LogP contribution in [0.3, 0.4) is 0 Å². The molecule has 19 heavy (non-hydrogen) atoms. The lowest BCUT2D eigenvalue weighted by molar-refractivity contribution is 0.0472. The molecule has 0 radical (unpaired) electrons. The molecule has 1 N–H and O–H groups in total. The first kappa shape index (κ1) is 12.9. The van der Waals surface area contributed by atoms with Crippen molar-refractivity contribution in [3.8, 4) is 5.75 Å². The number of rotatable bonds is 4. The van der Waals surface area contributed by atoms with Gasteiger partial charge in [-0.05, 0) is 29.3 Å². The second-order valence-electron chi connectivity index (χ2n) is 4.04. The Kier molecular flexibility index (Phi) is 3.98. The minimum atomic E-state index is -0.404. The lowest BCUT2D eigenvalue weighted by Gasteiger charge is -2.07. The van der Waals surface area contributed by atoms with E-state index in [1.807, 2.05) is 6.07 Å². The van der Waals surface area contributed by atoms with E-state index in [0.29, 0.717) is 5.56 Å². The van der Waals surface area contributed by atoms with Crippen molar-refractivity contribution in [3.63, 3.8) is 0 Å². The standard InChI is InChI=1S/C16H14O3/c1-2-13-7-3-4-9-15(13)16(18)19-11-12-6-5-8-14(17)10-12/h2-10,17H,1,11H2. The Balaban J connectivity index is 2.07. The summed E-state index contributed by atoms with van der Waals surface area (Å²) in [5, 5.41) is 9.32. The molecular formula is C16H14O3. The van der Waals surface area contributed by atoms with E-state index >= 15 is 0 Å². The summed E-state index contributed by atoms with van der Waals surface area (Å²) in [7, 11) is 0. The van der Waals surface area contributed by atoms with Gasteiger partial charge in [0.1, 0.15) is 12.4 Å². The topological polar surface area (TPSA) is 46.5 Å². The molecule has 96 valence electrons. The fourth-order valence-electron chi connectivity index (χ4n) is 1.73. The molecule has 0 aliphatic carbocycles. The largest absolute Gasteiger partial charge is 0.508 e. The molecule has 3 heteroatoms. The minimum Gasteiger partial charge on any atom is -0.508 e. The van der Waals surface area contributed by atoms with E-state index in [4.69, 9.17) is 4.74 Å². The fourth-order valence-corrected chi connectivity index (χ4v) is 1.73. The van der Waals surface area contributed by atoms with Gasteiger partial charge >= 0.3 is 5.97 Å². The van der Waals surface area contributed by atoms with Gasteiger partial charge < -0.3 is 9.84 Å². The Morgan fingerprint density at radius 2 is 2.00 bits per heavy atom. The highest BCUT2D eigenvalue weighted by Gasteiger charge is 2.10. The third-order valence-corrected chi connectivity index (χ3v) is 2.68. The summed E-state index contributed by atoms with van der Waals surface area (Å²) >= 11 is 0. The van der Waals surface area contributed by atoms with Crippen LogP contribution in [-0.4, -0.2) is 11.1 Å². The maximum Gasteiger partial charge on any atom is 0.339 e. The molecule has 0 atom stereocenters. The number of phenols is 1. The monoisotopic (exact) mass is 254 g/mol. The first-order chi connectivity index (χ1) is 9.20. The van der Waals surface area contributed by atoms with E-state index in [2.05, 4.69) is 6.58 Å². The molecule has 0 aliphatic rings. The molecule has 3 nitrogen and oxygen atoms in total. The van der Waals surface area contributed by atoms with Crippen LogP contribution in [0.2, 0.25) is 0 Å². The SMILES string of the molecule is C=Cc1ccccc1C(=O)OCc1cccc(O)c1. The van der Waals surface area contributed by atoms with Crippen LogP contribution < -0.4 is 0 Å². The van der Waals surface area contributed by atoms with Crippen molar-refractivity contribution < 1.29 is 14.6 Å². The first-order valence-electron chi connectivity index (χ1n) is 5.87. The quantitative estimate of drug-likeness (QED) is 0.851. The number of carbonyl (C=O) groups excluding carboxylic acids is 1. The fraction of sp³-hybridized carbons (Fsp3) is 0.0625. The summed E-state index contributed by atoms with van der Waals surface area (Å²) in [6.07, 6.45) is 1.62. The van der Waals surface area contributed by atoms with Gasteiger partial charge in [-0.3, -0.25) is 0 Å². The summed E-state index contributed by atoms with van der Waals surface area (Å²) in [6, 6.07) is 13.7. The summed E-state index contributed by atoms with van der Waals surface area (Å²) in [5.41, 5.74) is 1.96. The van der Waals surface area contributed by atoms with Crippen LogP contribution in [-0.2, 0) is 11.3 Å². The molecule has 0 aromatic heterocycles. The normalized spacial score (nSPS) is 9.89. The Bertz CT molecular complexity index is 602. The summed E-state index contributed by atoms with van der Waals surface area (Å²) in [6.45, 7) is 3.79. The minimum absolute atomic E-state index is 0.124. The molecule has 0 heterocycles. The maximum absolute atomic E-state index is 12.0. The highest BCUT2D eigenvalue weighted by atomic mass is 16.5. The van der Waals surface area contributed by atoms with Crippen LogP contribution in [0.1, 0.15) is 21.5 Å². The lowest BCUT2D eigenvalue weighted by atomic mass is 10.1. The van der Waals surface area contributed by atoms with Crippen LogP contribution >= 0.6 is 0 Å². The molecule has 0 saturated heterocycles. The van der Waals surface area contributed by atoms with E-state index < -0.39 is 5.97 Å². The van der Waals surface area contributed by atoms with E-state index in [1.54, 1.807) is 48.5 Å². The molecule has 0 saturated carbocycles. The molecule has 0 bridgehead atoms. The van der Waals surface area contributed by atoms with Crippen molar-refractivity contribution in [2.24, 2.45) is 0 Å². The van der Waals surface area contributed by atoms with Crippen LogP contribution in [0, 0.1) is 0 Å². The van der Waals surface area contributed by atoms with Crippen molar-refractivity contribution in [1.82, 2.24) is 0 Å². The number of carbonyl (C=O) groups is 1. The Hall–Kier alpha value is -2.55. The third kappa shape index (κ3) is 3.22.